The van der Waals surface area contributed by atoms with E-state index in [2.05, 4.69) is 70.9 Å². The van der Waals surface area contributed by atoms with Gasteiger partial charge in [-0.2, -0.15) is 0 Å². The van der Waals surface area contributed by atoms with Crippen molar-refractivity contribution < 1.29 is 0 Å². The Morgan fingerprint density at radius 3 is 2.70 bits per heavy atom. The number of pyridine rings is 1. The molecule has 0 N–H and O–H groups in total. The van der Waals surface area contributed by atoms with Gasteiger partial charge in [-0.05, 0) is 61.6 Å². The zero-order chi connectivity index (χ0) is 18.2. The lowest BCUT2D eigenvalue weighted by Crippen LogP contribution is -2.34. The summed E-state index contributed by atoms with van der Waals surface area (Å²) in [5.74, 6) is 3.77. The lowest BCUT2D eigenvalue weighted by molar-refractivity contribution is 0.477. The molecular formula is C21H22BrN5. The second-order valence-electron chi connectivity index (χ2n) is 7.39. The fourth-order valence-electron chi connectivity index (χ4n) is 4.34. The third-order valence-electron chi connectivity index (χ3n) is 5.72. The lowest BCUT2D eigenvalue weighted by atomic mass is 9.95. The summed E-state index contributed by atoms with van der Waals surface area (Å²) in [5, 5.41) is 9.22. The average molecular weight is 424 g/mol. The third-order valence-corrected chi connectivity index (χ3v) is 6.21. The quantitative estimate of drug-likeness (QED) is 0.616. The van der Waals surface area contributed by atoms with Crippen molar-refractivity contribution in [2.45, 2.75) is 38.0 Å². The minimum absolute atomic E-state index is 0.445. The van der Waals surface area contributed by atoms with E-state index < -0.39 is 0 Å². The lowest BCUT2D eigenvalue weighted by Gasteiger charge is -2.32. The molecule has 5 nitrogen and oxygen atoms in total. The molecule has 1 saturated heterocycles. The first-order valence-corrected chi connectivity index (χ1v) is 10.5. The van der Waals surface area contributed by atoms with Crippen molar-refractivity contribution in [2.75, 3.05) is 18.0 Å². The van der Waals surface area contributed by atoms with Crippen LogP contribution in [0.15, 0.2) is 47.1 Å². The largest absolute Gasteiger partial charge is 0.357 e. The molecule has 2 aliphatic heterocycles. The van der Waals surface area contributed by atoms with Crippen LogP contribution in [0.4, 0.5) is 5.82 Å². The molecule has 1 fully saturated rings. The van der Waals surface area contributed by atoms with Crippen LogP contribution in [0.25, 0.3) is 5.69 Å². The molecule has 0 saturated carbocycles. The van der Waals surface area contributed by atoms with E-state index in [0.29, 0.717) is 5.92 Å². The number of nitrogens with zero attached hydrogens (tertiary/aromatic N) is 5. The van der Waals surface area contributed by atoms with E-state index in [1.165, 1.54) is 11.3 Å². The Labute approximate surface area is 167 Å². The van der Waals surface area contributed by atoms with Gasteiger partial charge in [-0.25, -0.2) is 4.98 Å². The number of aryl methyl sites for hydroxylation is 2. The highest BCUT2D eigenvalue weighted by molar-refractivity contribution is 9.10. The van der Waals surface area contributed by atoms with Crippen LogP contribution in [-0.4, -0.2) is 32.8 Å². The van der Waals surface area contributed by atoms with Gasteiger partial charge in [0, 0.05) is 36.1 Å². The summed E-state index contributed by atoms with van der Waals surface area (Å²) in [4.78, 5) is 6.88. The van der Waals surface area contributed by atoms with Crippen molar-refractivity contribution in [3.63, 3.8) is 0 Å². The molecule has 5 rings (SSSR count). The van der Waals surface area contributed by atoms with Gasteiger partial charge in [-0.3, -0.25) is 4.57 Å². The summed E-state index contributed by atoms with van der Waals surface area (Å²) in [6.45, 7) is 2.02. The van der Waals surface area contributed by atoms with E-state index in [4.69, 9.17) is 0 Å². The molecule has 6 heteroatoms. The zero-order valence-electron chi connectivity index (χ0n) is 15.2. The molecule has 0 atom stereocenters. The second kappa shape index (κ2) is 7.08. The van der Waals surface area contributed by atoms with Gasteiger partial charge in [-0.15, -0.1) is 10.2 Å². The van der Waals surface area contributed by atoms with Crippen LogP contribution in [0.3, 0.4) is 0 Å². The number of aromatic nitrogens is 4. The van der Waals surface area contributed by atoms with E-state index in [-0.39, 0.29) is 0 Å². The van der Waals surface area contributed by atoms with Crippen LogP contribution in [0.1, 0.15) is 42.4 Å². The Morgan fingerprint density at radius 2 is 1.89 bits per heavy atom. The summed E-state index contributed by atoms with van der Waals surface area (Å²) in [6, 6.07) is 12.7. The first kappa shape index (κ1) is 16.9. The van der Waals surface area contributed by atoms with Gasteiger partial charge in [0.15, 0.2) is 0 Å². The van der Waals surface area contributed by atoms with E-state index in [1.54, 1.807) is 0 Å². The van der Waals surface area contributed by atoms with Gasteiger partial charge in [0.2, 0.25) is 0 Å². The monoisotopic (exact) mass is 423 g/mol. The van der Waals surface area contributed by atoms with Crippen LogP contribution in [0.2, 0.25) is 0 Å². The van der Waals surface area contributed by atoms with Crippen molar-refractivity contribution in [1.29, 1.82) is 0 Å². The first-order chi connectivity index (χ1) is 13.3. The molecule has 2 aliphatic rings. The van der Waals surface area contributed by atoms with E-state index >= 15 is 0 Å². The fraction of sp³-hybridized carbons (Fsp3) is 0.381. The molecule has 0 spiro atoms. The normalized spacial score (nSPS) is 17.3. The Morgan fingerprint density at radius 1 is 1.00 bits per heavy atom. The smallest absolute Gasteiger partial charge is 0.140 e. The second-order valence-corrected chi connectivity index (χ2v) is 8.30. The molecule has 0 radical (unpaired) electrons. The van der Waals surface area contributed by atoms with E-state index in [9.17, 15) is 0 Å². The standard InChI is InChI=1S/C21H22BrN5/c22-17-7-8-18-16(14-17)4-3-6-20-24-25-21(27(18)20)15-9-12-26(13-10-15)19-5-1-2-11-23-19/h1-2,5,7-8,11,14-15H,3-4,6,9-10,12-13H2. The number of hydrogen-bond donors (Lipinski definition) is 0. The number of hydrogen-bond acceptors (Lipinski definition) is 4. The summed E-state index contributed by atoms with van der Waals surface area (Å²) >= 11 is 3.62. The number of anilines is 1. The van der Waals surface area contributed by atoms with Crippen molar-refractivity contribution in [1.82, 2.24) is 19.7 Å². The van der Waals surface area contributed by atoms with Crippen LogP contribution in [0, 0.1) is 0 Å². The Bertz CT molecular complexity index is 944. The van der Waals surface area contributed by atoms with Gasteiger partial charge in [0.25, 0.3) is 0 Å². The van der Waals surface area contributed by atoms with Crippen molar-refractivity contribution in [3.05, 3.63) is 64.3 Å². The average Bonchev–Trinajstić information content (AvgIpc) is 3.04. The highest BCUT2D eigenvalue weighted by Crippen LogP contribution is 2.34. The maximum atomic E-state index is 4.65. The molecule has 4 heterocycles. The van der Waals surface area contributed by atoms with Gasteiger partial charge in [0.1, 0.15) is 17.5 Å². The molecule has 0 amide bonds. The maximum absolute atomic E-state index is 4.65. The van der Waals surface area contributed by atoms with Gasteiger partial charge < -0.3 is 4.90 Å². The highest BCUT2D eigenvalue weighted by Gasteiger charge is 2.28. The maximum Gasteiger partial charge on any atom is 0.140 e. The Balaban J connectivity index is 1.44. The minimum Gasteiger partial charge on any atom is -0.357 e. The number of benzene rings is 1. The number of halogens is 1. The van der Waals surface area contributed by atoms with Gasteiger partial charge in [0.05, 0.1) is 5.69 Å². The molecule has 2 aromatic heterocycles. The van der Waals surface area contributed by atoms with Crippen LogP contribution >= 0.6 is 15.9 Å². The number of fused-ring (bicyclic) bond motifs is 3. The Hall–Kier alpha value is -2.21. The van der Waals surface area contributed by atoms with Crippen molar-refractivity contribution in [3.8, 4) is 5.69 Å². The summed E-state index contributed by atoms with van der Waals surface area (Å²) < 4.78 is 3.48. The molecule has 27 heavy (non-hydrogen) atoms. The third kappa shape index (κ3) is 3.16. The van der Waals surface area contributed by atoms with Crippen molar-refractivity contribution in [2.24, 2.45) is 0 Å². The number of rotatable bonds is 2. The molecule has 0 bridgehead atoms. The summed E-state index contributed by atoms with van der Waals surface area (Å²) in [7, 11) is 0. The summed E-state index contributed by atoms with van der Waals surface area (Å²) in [5.41, 5.74) is 2.65. The first-order valence-electron chi connectivity index (χ1n) is 9.68. The molecule has 3 aromatic rings. The zero-order valence-corrected chi connectivity index (χ0v) is 16.8. The summed E-state index contributed by atoms with van der Waals surface area (Å²) in [6.07, 6.45) is 7.25. The van der Waals surface area contributed by atoms with Crippen LogP contribution in [0.5, 0.6) is 0 Å². The number of piperidine rings is 1. The molecule has 1 aromatic carbocycles. The van der Waals surface area contributed by atoms with E-state index in [0.717, 1.165) is 67.1 Å². The SMILES string of the molecule is Brc1ccc2c(c1)CCCc1nnc(C3CCN(c4ccccn4)CC3)n1-2. The topological polar surface area (TPSA) is 46.8 Å². The van der Waals surface area contributed by atoms with Crippen molar-refractivity contribution >= 4 is 21.7 Å². The van der Waals surface area contributed by atoms with E-state index in [1.807, 2.05) is 12.3 Å². The molecule has 0 aliphatic carbocycles. The molecular weight excluding hydrogens is 402 g/mol. The highest BCUT2D eigenvalue weighted by atomic mass is 79.9. The Kier molecular flexibility index (Phi) is 4.44. The predicted octanol–water partition coefficient (Wildman–Crippen LogP) is 4.30. The predicted molar refractivity (Wildman–Crippen MR) is 110 cm³/mol. The van der Waals surface area contributed by atoms with Gasteiger partial charge >= 0.3 is 0 Å². The van der Waals surface area contributed by atoms with Crippen LogP contribution < -0.4 is 4.90 Å². The fourth-order valence-corrected chi connectivity index (χ4v) is 4.74. The molecule has 138 valence electrons. The van der Waals surface area contributed by atoms with Gasteiger partial charge in [-0.1, -0.05) is 22.0 Å². The molecule has 0 unspecified atom stereocenters. The van der Waals surface area contributed by atoms with Crippen LogP contribution in [-0.2, 0) is 12.8 Å². The minimum atomic E-state index is 0.445.